The molecule has 0 aliphatic heterocycles. The third-order valence-electron chi connectivity index (χ3n) is 3.57. The third kappa shape index (κ3) is 4.35. The second-order valence-corrected chi connectivity index (χ2v) is 6.35. The summed E-state index contributed by atoms with van der Waals surface area (Å²) in [5, 5.41) is 3.65. The fourth-order valence-electron chi connectivity index (χ4n) is 2.37. The Bertz CT molecular complexity index is 797. The molecule has 0 atom stereocenters. The molecule has 130 valence electrons. The van der Waals surface area contributed by atoms with Crippen LogP contribution in [-0.4, -0.2) is 30.6 Å². The molecule has 3 aromatic rings. The maximum absolute atomic E-state index is 12.6. The SMILES string of the molecule is CCOCCCNC(=O)c1sc(-c2ccco2)nc1-c1ccccc1. The maximum Gasteiger partial charge on any atom is 0.263 e. The zero-order chi connectivity index (χ0) is 17.5. The van der Waals surface area contributed by atoms with Gasteiger partial charge in [-0.1, -0.05) is 30.3 Å². The van der Waals surface area contributed by atoms with Gasteiger partial charge in [0.2, 0.25) is 0 Å². The Morgan fingerprint density at radius 1 is 1.24 bits per heavy atom. The minimum atomic E-state index is -0.120. The van der Waals surface area contributed by atoms with Crippen molar-refractivity contribution in [2.24, 2.45) is 0 Å². The molecule has 0 bridgehead atoms. The van der Waals surface area contributed by atoms with E-state index in [1.807, 2.05) is 49.4 Å². The first kappa shape index (κ1) is 17.4. The predicted octanol–water partition coefficient (Wildman–Crippen LogP) is 4.23. The van der Waals surface area contributed by atoms with Crippen molar-refractivity contribution < 1.29 is 13.9 Å². The lowest BCUT2D eigenvalue weighted by molar-refractivity contribution is 0.0948. The highest BCUT2D eigenvalue weighted by molar-refractivity contribution is 7.17. The van der Waals surface area contributed by atoms with Gasteiger partial charge in [0.05, 0.1) is 12.0 Å². The lowest BCUT2D eigenvalue weighted by Crippen LogP contribution is -2.25. The van der Waals surface area contributed by atoms with Crippen LogP contribution in [0.5, 0.6) is 0 Å². The molecule has 6 heteroatoms. The van der Waals surface area contributed by atoms with E-state index < -0.39 is 0 Å². The molecule has 2 aromatic heterocycles. The van der Waals surface area contributed by atoms with Crippen LogP contribution in [0.3, 0.4) is 0 Å². The molecule has 2 heterocycles. The van der Waals surface area contributed by atoms with Gasteiger partial charge in [0.25, 0.3) is 5.91 Å². The van der Waals surface area contributed by atoms with Gasteiger partial charge in [0.1, 0.15) is 4.88 Å². The average molecular weight is 356 g/mol. The van der Waals surface area contributed by atoms with E-state index in [4.69, 9.17) is 9.15 Å². The first-order valence-electron chi connectivity index (χ1n) is 8.25. The fraction of sp³-hybridized carbons (Fsp3) is 0.263. The number of rotatable bonds is 8. The van der Waals surface area contributed by atoms with Crippen LogP contribution < -0.4 is 5.32 Å². The number of benzene rings is 1. The van der Waals surface area contributed by atoms with Crippen LogP contribution in [0.25, 0.3) is 22.0 Å². The van der Waals surface area contributed by atoms with Crippen molar-refractivity contribution in [3.05, 3.63) is 53.6 Å². The Labute approximate surface area is 150 Å². The van der Waals surface area contributed by atoms with Gasteiger partial charge in [0.15, 0.2) is 10.8 Å². The number of amides is 1. The van der Waals surface area contributed by atoms with Gasteiger partial charge in [-0.2, -0.15) is 0 Å². The Morgan fingerprint density at radius 3 is 2.80 bits per heavy atom. The molecular weight excluding hydrogens is 336 g/mol. The van der Waals surface area contributed by atoms with Gasteiger partial charge in [0, 0.05) is 25.3 Å². The van der Waals surface area contributed by atoms with Gasteiger partial charge in [-0.15, -0.1) is 11.3 Å². The summed E-state index contributed by atoms with van der Waals surface area (Å²) in [4.78, 5) is 17.9. The predicted molar refractivity (Wildman–Crippen MR) is 98.7 cm³/mol. The van der Waals surface area contributed by atoms with Crippen LogP contribution in [0.1, 0.15) is 23.0 Å². The number of furan rings is 1. The number of hydrogen-bond donors (Lipinski definition) is 1. The smallest absolute Gasteiger partial charge is 0.263 e. The number of nitrogens with one attached hydrogen (secondary N) is 1. The number of carbonyl (C=O) groups excluding carboxylic acids is 1. The van der Waals surface area contributed by atoms with E-state index in [0.29, 0.717) is 41.1 Å². The number of carbonyl (C=O) groups is 1. The molecule has 1 amide bonds. The summed E-state index contributed by atoms with van der Waals surface area (Å²) in [6.45, 7) is 3.86. The molecule has 0 radical (unpaired) electrons. The molecule has 1 N–H and O–H groups in total. The van der Waals surface area contributed by atoms with Crippen molar-refractivity contribution in [1.29, 1.82) is 0 Å². The van der Waals surface area contributed by atoms with E-state index in [0.717, 1.165) is 12.0 Å². The standard InChI is InChI=1S/C19H20N2O3S/c1-2-23-12-7-11-20-18(22)17-16(14-8-4-3-5-9-14)21-19(25-17)15-10-6-13-24-15/h3-6,8-10,13H,2,7,11-12H2,1H3,(H,20,22). The molecule has 25 heavy (non-hydrogen) atoms. The number of hydrogen-bond acceptors (Lipinski definition) is 5. The second kappa shape index (κ2) is 8.60. The highest BCUT2D eigenvalue weighted by atomic mass is 32.1. The van der Waals surface area contributed by atoms with Gasteiger partial charge in [-0.05, 0) is 25.5 Å². The van der Waals surface area contributed by atoms with Crippen LogP contribution in [0.15, 0.2) is 53.1 Å². The summed E-state index contributed by atoms with van der Waals surface area (Å²) in [6, 6.07) is 13.4. The van der Waals surface area contributed by atoms with Crippen LogP contribution >= 0.6 is 11.3 Å². The summed E-state index contributed by atoms with van der Waals surface area (Å²) in [6.07, 6.45) is 2.39. The molecule has 0 fully saturated rings. The van der Waals surface area contributed by atoms with E-state index in [2.05, 4.69) is 10.3 Å². The molecule has 0 saturated heterocycles. The van der Waals surface area contributed by atoms with Gasteiger partial charge >= 0.3 is 0 Å². The minimum absolute atomic E-state index is 0.120. The van der Waals surface area contributed by atoms with Gasteiger partial charge in [-0.3, -0.25) is 4.79 Å². The summed E-state index contributed by atoms with van der Waals surface area (Å²) >= 11 is 1.34. The van der Waals surface area contributed by atoms with Crippen molar-refractivity contribution in [1.82, 2.24) is 10.3 Å². The Morgan fingerprint density at radius 2 is 2.08 bits per heavy atom. The van der Waals surface area contributed by atoms with E-state index in [-0.39, 0.29) is 5.91 Å². The topological polar surface area (TPSA) is 64.4 Å². The zero-order valence-corrected chi connectivity index (χ0v) is 14.8. The first-order chi connectivity index (χ1) is 12.3. The lowest BCUT2D eigenvalue weighted by atomic mass is 10.1. The Balaban J connectivity index is 1.82. The molecule has 5 nitrogen and oxygen atoms in total. The number of ether oxygens (including phenoxy) is 1. The summed E-state index contributed by atoms with van der Waals surface area (Å²) in [5.41, 5.74) is 1.59. The Kier molecular flexibility index (Phi) is 5.98. The van der Waals surface area contributed by atoms with E-state index >= 15 is 0 Å². The van der Waals surface area contributed by atoms with Crippen molar-refractivity contribution in [3.63, 3.8) is 0 Å². The monoisotopic (exact) mass is 356 g/mol. The summed E-state index contributed by atoms with van der Waals surface area (Å²) in [5.74, 6) is 0.545. The van der Waals surface area contributed by atoms with Crippen molar-refractivity contribution in [2.75, 3.05) is 19.8 Å². The van der Waals surface area contributed by atoms with Gasteiger partial charge < -0.3 is 14.5 Å². The molecule has 0 spiro atoms. The molecule has 1 aromatic carbocycles. The molecular formula is C19H20N2O3S. The maximum atomic E-state index is 12.6. The number of aromatic nitrogens is 1. The quantitative estimate of drug-likeness (QED) is 0.614. The molecule has 0 aliphatic rings. The highest BCUT2D eigenvalue weighted by Crippen LogP contribution is 2.34. The summed E-state index contributed by atoms with van der Waals surface area (Å²) < 4.78 is 10.7. The van der Waals surface area contributed by atoms with Crippen LogP contribution in [0.2, 0.25) is 0 Å². The average Bonchev–Trinajstić information content (AvgIpc) is 3.31. The summed E-state index contributed by atoms with van der Waals surface area (Å²) in [7, 11) is 0. The van der Waals surface area contributed by atoms with Crippen LogP contribution in [-0.2, 0) is 4.74 Å². The molecule has 0 saturated carbocycles. The number of nitrogens with zero attached hydrogens (tertiary/aromatic N) is 1. The largest absolute Gasteiger partial charge is 0.462 e. The minimum Gasteiger partial charge on any atom is -0.462 e. The van der Waals surface area contributed by atoms with Gasteiger partial charge in [-0.25, -0.2) is 4.98 Å². The first-order valence-corrected chi connectivity index (χ1v) is 9.07. The van der Waals surface area contributed by atoms with E-state index in [9.17, 15) is 4.79 Å². The van der Waals surface area contributed by atoms with Crippen LogP contribution in [0.4, 0.5) is 0 Å². The van der Waals surface area contributed by atoms with Crippen molar-refractivity contribution >= 4 is 17.2 Å². The Hall–Kier alpha value is -2.44. The second-order valence-electron chi connectivity index (χ2n) is 5.35. The van der Waals surface area contributed by atoms with E-state index in [1.165, 1.54) is 11.3 Å². The van der Waals surface area contributed by atoms with Crippen LogP contribution in [0, 0.1) is 0 Å². The van der Waals surface area contributed by atoms with Crippen molar-refractivity contribution in [3.8, 4) is 22.0 Å². The number of thiazole rings is 1. The molecule has 3 rings (SSSR count). The lowest BCUT2D eigenvalue weighted by Gasteiger charge is -2.05. The van der Waals surface area contributed by atoms with E-state index in [1.54, 1.807) is 6.26 Å². The normalized spacial score (nSPS) is 10.8. The molecule has 0 unspecified atom stereocenters. The molecule has 0 aliphatic carbocycles. The fourth-order valence-corrected chi connectivity index (χ4v) is 3.34. The highest BCUT2D eigenvalue weighted by Gasteiger charge is 2.20. The third-order valence-corrected chi connectivity index (χ3v) is 4.64. The zero-order valence-electron chi connectivity index (χ0n) is 14.0. The van der Waals surface area contributed by atoms with Crippen molar-refractivity contribution in [2.45, 2.75) is 13.3 Å².